The standard InChI is InChI=1S/C32H31N3O8S2/c1-14-5-3-4-6-18(14)33-21(36)13-43-19-8-7-15(11-20(19)42-2)23-24-16-12-17(27(24)44-29-28(23)45-32(41)34-29)26-25(16)30(39)35(31(26)40)10-9-22(37)38/h3-8,11,16-17,23-27H,9-10,12-13H2,1-2H3,(H,33,36)(H,34,41)(H,37,38)/t16?,17?,23-,24?,25?,26?,27?/m1/s1. The number of carboxylic acids is 1. The Balaban J connectivity index is 1.17. The third-order valence-corrected chi connectivity index (χ3v) is 12.3. The maximum atomic E-state index is 13.6. The molecule has 1 saturated heterocycles. The molecule has 234 valence electrons. The van der Waals surface area contributed by atoms with Gasteiger partial charge in [0.2, 0.25) is 11.8 Å². The summed E-state index contributed by atoms with van der Waals surface area (Å²) in [6.45, 7) is 1.57. The Hall–Kier alpha value is -4.10. The number of carbonyl (C=O) groups is 4. The summed E-state index contributed by atoms with van der Waals surface area (Å²) in [5, 5.41) is 12.8. The van der Waals surface area contributed by atoms with E-state index in [0.717, 1.165) is 43.7 Å². The van der Waals surface area contributed by atoms with Crippen LogP contribution < -0.4 is 19.7 Å². The van der Waals surface area contributed by atoms with Crippen LogP contribution in [-0.2, 0) is 19.2 Å². The molecule has 7 atom stereocenters. The number of fused-ring (bicyclic) bond motifs is 9. The Bertz CT molecular complexity index is 1790. The Kier molecular flexibility index (Phi) is 7.47. The predicted molar refractivity (Wildman–Crippen MR) is 166 cm³/mol. The van der Waals surface area contributed by atoms with Crippen molar-refractivity contribution in [3.8, 4) is 11.5 Å². The average molecular weight is 650 g/mol. The fourth-order valence-corrected chi connectivity index (χ4v) is 10.8. The van der Waals surface area contributed by atoms with Crippen molar-refractivity contribution in [1.29, 1.82) is 0 Å². The minimum atomic E-state index is -1.05. The number of para-hydroxylation sites is 1. The maximum Gasteiger partial charge on any atom is 0.305 e. The number of carbonyl (C=O) groups excluding carboxylic acids is 3. The zero-order chi connectivity index (χ0) is 31.6. The van der Waals surface area contributed by atoms with Crippen LogP contribution in [0.1, 0.15) is 34.8 Å². The van der Waals surface area contributed by atoms with Gasteiger partial charge < -0.3 is 24.9 Å². The zero-order valence-electron chi connectivity index (χ0n) is 24.5. The Morgan fingerprint density at radius 1 is 1.07 bits per heavy atom. The predicted octanol–water partition coefficient (Wildman–Crippen LogP) is 3.72. The molecule has 3 fully saturated rings. The summed E-state index contributed by atoms with van der Waals surface area (Å²) in [5.74, 6) is -2.44. The van der Waals surface area contributed by atoms with Crippen LogP contribution in [-0.4, -0.2) is 64.2 Å². The Morgan fingerprint density at radius 2 is 1.82 bits per heavy atom. The fourth-order valence-electron chi connectivity index (χ4n) is 7.92. The number of hydrogen-bond acceptors (Lipinski definition) is 9. The summed E-state index contributed by atoms with van der Waals surface area (Å²) in [6, 6.07) is 13.0. The number of aryl methyl sites for hydroxylation is 1. The number of nitrogens with zero attached hydrogens (tertiary/aromatic N) is 1. The maximum absolute atomic E-state index is 13.6. The van der Waals surface area contributed by atoms with Crippen LogP contribution in [0, 0.1) is 36.5 Å². The normalized spacial score (nSPS) is 27.6. The van der Waals surface area contributed by atoms with E-state index in [1.807, 2.05) is 43.3 Å². The van der Waals surface area contributed by atoms with Gasteiger partial charge in [0, 0.05) is 28.3 Å². The molecule has 3 aromatic rings. The summed E-state index contributed by atoms with van der Waals surface area (Å²) in [5.41, 5.74) is 2.53. The summed E-state index contributed by atoms with van der Waals surface area (Å²) in [4.78, 5) is 68.3. The highest BCUT2D eigenvalue weighted by molar-refractivity contribution is 8.00. The van der Waals surface area contributed by atoms with E-state index >= 15 is 0 Å². The minimum Gasteiger partial charge on any atom is -0.493 e. The minimum absolute atomic E-state index is 0.00207. The molecule has 6 unspecified atom stereocenters. The number of imide groups is 1. The summed E-state index contributed by atoms with van der Waals surface area (Å²) >= 11 is 2.74. The molecular formula is C32H31N3O8S2. The molecule has 4 aliphatic rings. The smallest absolute Gasteiger partial charge is 0.305 e. The molecule has 2 saturated carbocycles. The van der Waals surface area contributed by atoms with Crippen LogP contribution in [0.4, 0.5) is 5.69 Å². The van der Waals surface area contributed by atoms with Crippen LogP contribution in [0.5, 0.6) is 11.5 Å². The molecule has 11 nitrogen and oxygen atoms in total. The molecule has 2 aromatic carbocycles. The molecule has 7 rings (SSSR count). The van der Waals surface area contributed by atoms with Gasteiger partial charge in [-0.15, -0.1) is 11.8 Å². The van der Waals surface area contributed by atoms with E-state index in [2.05, 4.69) is 10.3 Å². The van der Waals surface area contributed by atoms with Crippen LogP contribution >= 0.6 is 23.1 Å². The lowest BCUT2D eigenvalue weighted by atomic mass is 9.68. The summed E-state index contributed by atoms with van der Waals surface area (Å²) in [7, 11) is 1.52. The first-order chi connectivity index (χ1) is 21.7. The third-order valence-electron chi connectivity index (χ3n) is 9.69. The van der Waals surface area contributed by atoms with Gasteiger partial charge in [0.1, 0.15) is 0 Å². The fraction of sp³-hybridized carbons (Fsp3) is 0.406. The van der Waals surface area contributed by atoms with Crippen LogP contribution in [0.15, 0.2) is 52.3 Å². The monoisotopic (exact) mass is 649 g/mol. The number of aromatic nitrogens is 1. The Labute approximate surface area is 266 Å². The topological polar surface area (TPSA) is 155 Å². The number of ether oxygens (including phenoxy) is 2. The molecule has 1 aromatic heterocycles. The molecule has 45 heavy (non-hydrogen) atoms. The van der Waals surface area contributed by atoms with Crippen molar-refractivity contribution in [3.05, 3.63) is 68.1 Å². The molecule has 2 aliphatic heterocycles. The van der Waals surface area contributed by atoms with Gasteiger partial charge in [-0.05, 0) is 60.4 Å². The SMILES string of the molecule is COc1cc([C@H]2c3sc(=O)[nH]c3SC3C4CC(C5C(=O)N(CCC(=O)O)C(=O)C45)C32)ccc1OCC(=O)Nc1ccccc1C. The number of likely N-dealkylation sites (tertiary alicyclic amines) is 1. The van der Waals surface area contributed by atoms with Gasteiger partial charge >= 0.3 is 10.8 Å². The van der Waals surface area contributed by atoms with E-state index in [-0.39, 0.29) is 71.1 Å². The second-order valence-electron chi connectivity index (χ2n) is 12.0. The quantitative estimate of drug-likeness (QED) is 0.294. The number of rotatable bonds is 9. The number of methoxy groups -OCH3 is 1. The van der Waals surface area contributed by atoms with Crippen molar-refractivity contribution in [2.45, 2.75) is 36.0 Å². The van der Waals surface area contributed by atoms with Crippen molar-refractivity contribution in [2.24, 2.45) is 29.6 Å². The van der Waals surface area contributed by atoms with Crippen molar-refractivity contribution in [3.63, 3.8) is 0 Å². The van der Waals surface area contributed by atoms with E-state index in [9.17, 15) is 24.0 Å². The number of H-pyrrole nitrogens is 1. The van der Waals surface area contributed by atoms with E-state index in [1.54, 1.807) is 17.8 Å². The molecule has 2 aliphatic carbocycles. The lowest BCUT2D eigenvalue weighted by molar-refractivity contribution is -0.142. The Morgan fingerprint density at radius 3 is 2.56 bits per heavy atom. The average Bonchev–Trinajstić information content (AvgIpc) is 3.75. The summed E-state index contributed by atoms with van der Waals surface area (Å²) < 4.78 is 11.6. The molecule has 0 radical (unpaired) electrons. The van der Waals surface area contributed by atoms with Crippen LogP contribution in [0.25, 0.3) is 0 Å². The first kappa shape index (κ1) is 29.6. The van der Waals surface area contributed by atoms with Crippen molar-refractivity contribution in [2.75, 3.05) is 25.6 Å². The van der Waals surface area contributed by atoms with Gasteiger partial charge in [-0.1, -0.05) is 35.6 Å². The number of thiazole rings is 1. The molecule has 3 heterocycles. The number of benzene rings is 2. The van der Waals surface area contributed by atoms with E-state index in [4.69, 9.17) is 14.6 Å². The number of aromatic amines is 1. The number of amides is 3. The summed E-state index contributed by atoms with van der Waals surface area (Å²) in [6.07, 6.45) is 0.447. The molecule has 3 N–H and O–H groups in total. The molecular weight excluding hydrogens is 618 g/mol. The van der Waals surface area contributed by atoms with Gasteiger partial charge in [0.15, 0.2) is 18.1 Å². The van der Waals surface area contributed by atoms with E-state index in [1.165, 1.54) is 7.11 Å². The highest BCUT2D eigenvalue weighted by Gasteiger charge is 2.69. The second kappa shape index (κ2) is 11.4. The lowest BCUT2D eigenvalue weighted by Crippen LogP contribution is -2.42. The van der Waals surface area contributed by atoms with Crippen LogP contribution in [0.3, 0.4) is 0 Å². The highest BCUT2D eigenvalue weighted by atomic mass is 32.2. The largest absolute Gasteiger partial charge is 0.493 e. The van der Waals surface area contributed by atoms with Gasteiger partial charge in [-0.25, -0.2) is 0 Å². The van der Waals surface area contributed by atoms with E-state index in [0.29, 0.717) is 17.2 Å². The zero-order valence-corrected chi connectivity index (χ0v) is 26.1. The number of aliphatic carboxylic acids is 1. The van der Waals surface area contributed by atoms with Gasteiger partial charge in [0.05, 0.1) is 30.4 Å². The first-order valence-corrected chi connectivity index (χ1v) is 16.5. The highest BCUT2D eigenvalue weighted by Crippen LogP contribution is 2.68. The van der Waals surface area contributed by atoms with Gasteiger partial charge in [-0.3, -0.25) is 28.9 Å². The lowest BCUT2D eigenvalue weighted by Gasteiger charge is -2.43. The van der Waals surface area contributed by atoms with Crippen molar-refractivity contribution < 1.29 is 33.8 Å². The molecule has 13 heteroatoms. The molecule has 2 bridgehead atoms. The molecule has 3 amide bonds. The number of nitrogens with one attached hydrogen (secondary N) is 2. The number of thioether (sulfide) groups is 1. The number of hydrogen-bond donors (Lipinski definition) is 3. The van der Waals surface area contributed by atoms with E-state index < -0.39 is 17.8 Å². The second-order valence-corrected chi connectivity index (χ2v) is 14.2. The number of carboxylic acid groups (broad SMARTS) is 1. The van der Waals surface area contributed by atoms with Gasteiger partial charge in [-0.2, -0.15) is 0 Å². The van der Waals surface area contributed by atoms with Crippen molar-refractivity contribution in [1.82, 2.24) is 9.88 Å². The number of anilines is 1. The van der Waals surface area contributed by atoms with Crippen LogP contribution in [0.2, 0.25) is 0 Å². The third kappa shape index (κ3) is 4.92. The van der Waals surface area contributed by atoms with Crippen molar-refractivity contribution >= 4 is 52.5 Å². The molecule has 0 spiro atoms. The first-order valence-electron chi connectivity index (χ1n) is 14.8. The van der Waals surface area contributed by atoms with Gasteiger partial charge in [0.25, 0.3) is 5.91 Å².